The number of hydrogen-bond acceptors (Lipinski definition) is 1. The molecule has 0 aromatic rings. The zero-order valence-electron chi connectivity index (χ0n) is 9.31. The summed E-state index contributed by atoms with van der Waals surface area (Å²) >= 11 is 0. The molecule has 1 atom stereocenters. The van der Waals surface area contributed by atoms with Crippen LogP contribution in [0.2, 0.25) is 0 Å². The van der Waals surface area contributed by atoms with E-state index in [0.717, 1.165) is 12.8 Å². The Balaban J connectivity index is 2.13. The predicted molar refractivity (Wildman–Crippen MR) is 56.9 cm³/mol. The summed E-state index contributed by atoms with van der Waals surface area (Å²) in [5.74, 6) is 0.920. The van der Waals surface area contributed by atoms with Crippen LogP contribution in [0.25, 0.3) is 0 Å². The van der Waals surface area contributed by atoms with Crippen molar-refractivity contribution >= 4 is 5.91 Å². The molecule has 14 heavy (non-hydrogen) atoms. The van der Waals surface area contributed by atoms with Crippen molar-refractivity contribution in [3.05, 3.63) is 0 Å². The van der Waals surface area contributed by atoms with Gasteiger partial charge in [0.25, 0.3) is 0 Å². The summed E-state index contributed by atoms with van der Waals surface area (Å²) in [7, 11) is 0. The van der Waals surface area contributed by atoms with E-state index in [1.54, 1.807) is 0 Å². The number of carbonyl (C=O) groups is 1. The van der Waals surface area contributed by atoms with Gasteiger partial charge in [0.15, 0.2) is 0 Å². The van der Waals surface area contributed by atoms with E-state index < -0.39 is 0 Å². The Morgan fingerprint density at radius 3 is 2.21 bits per heavy atom. The van der Waals surface area contributed by atoms with E-state index in [1.807, 2.05) is 0 Å². The largest absolute Gasteiger partial charge is 0.351 e. The van der Waals surface area contributed by atoms with Gasteiger partial charge in [-0.3, -0.25) is 4.79 Å². The number of carbonyl (C=O) groups excluding carboxylic acids is 1. The lowest BCUT2D eigenvalue weighted by molar-refractivity contribution is -0.150. The van der Waals surface area contributed by atoms with E-state index in [1.165, 1.54) is 25.7 Å². The minimum atomic E-state index is 0.0324. The number of amides is 1. The molecular formula is C12H21NO. The molecule has 80 valence electrons. The average molecular weight is 195 g/mol. The Hall–Kier alpha value is -0.530. The second kappa shape index (κ2) is 3.56. The van der Waals surface area contributed by atoms with E-state index in [2.05, 4.69) is 19.2 Å². The fourth-order valence-electron chi connectivity index (χ4n) is 3.19. The third kappa shape index (κ3) is 1.35. The second-order valence-electron chi connectivity index (χ2n) is 5.27. The van der Waals surface area contributed by atoms with Crippen LogP contribution in [-0.2, 0) is 4.79 Å². The predicted octanol–water partition coefficient (Wildman–Crippen LogP) is 2.48. The average Bonchev–Trinajstić information content (AvgIpc) is 2.40. The van der Waals surface area contributed by atoms with E-state index in [9.17, 15) is 4.79 Å². The maximum Gasteiger partial charge on any atom is 0.228 e. The fraction of sp³-hybridized carbons (Fsp3) is 0.917. The minimum absolute atomic E-state index is 0.0324. The van der Waals surface area contributed by atoms with Gasteiger partial charge < -0.3 is 5.32 Å². The minimum Gasteiger partial charge on any atom is -0.351 e. The number of β-lactam (4-membered cyclic amide) rings is 1. The molecule has 0 unspecified atom stereocenters. The molecule has 2 heteroatoms. The van der Waals surface area contributed by atoms with Crippen LogP contribution >= 0.6 is 0 Å². The van der Waals surface area contributed by atoms with Gasteiger partial charge in [-0.2, -0.15) is 0 Å². The van der Waals surface area contributed by atoms with Crippen LogP contribution in [0.15, 0.2) is 0 Å². The van der Waals surface area contributed by atoms with Gasteiger partial charge in [0.05, 0.1) is 5.41 Å². The van der Waals surface area contributed by atoms with Crippen LogP contribution in [-0.4, -0.2) is 11.9 Å². The van der Waals surface area contributed by atoms with Crippen LogP contribution in [0.5, 0.6) is 0 Å². The van der Waals surface area contributed by atoms with Gasteiger partial charge in [0.2, 0.25) is 5.91 Å². The first-order valence-electron chi connectivity index (χ1n) is 5.98. The van der Waals surface area contributed by atoms with E-state index in [-0.39, 0.29) is 5.41 Å². The standard InChI is InChI=1S/C12H21NO/c1-9(2)10-12(11(14)13-10)7-5-3-4-6-8-12/h9-10H,3-8H2,1-2H3,(H,13,14)/t10-/m1/s1. The molecule has 1 saturated heterocycles. The molecule has 2 fully saturated rings. The van der Waals surface area contributed by atoms with Crippen LogP contribution < -0.4 is 5.32 Å². The van der Waals surface area contributed by atoms with Gasteiger partial charge in [0, 0.05) is 6.04 Å². The Bertz CT molecular complexity index is 226. The van der Waals surface area contributed by atoms with Gasteiger partial charge >= 0.3 is 0 Å². The van der Waals surface area contributed by atoms with Crippen LogP contribution in [0.3, 0.4) is 0 Å². The molecule has 0 aromatic carbocycles. The van der Waals surface area contributed by atoms with Gasteiger partial charge in [-0.1, -0.05) is 39.5 Å². The Morgan fingerprint density at radius 1 is 1.21 bits per heavy atom. The first-order chi connectivity index (χ1) is 6.67. The quantitative estimate of drug-likeness (QED) is 0.640. The molecule has 1 spiro atoms. The number of hydrogen-bond donors (Lipinski definition) is 1. The van der Waals surface area contributed by atoms with E-state index in [4.69, 9.17) is 0 Å². The second-order valence-corrected chi connectivity index (χ2v) is 5.27. The summed E-state index contributed by atoms with van der Waals surface area (Å²) in [5, 5.41) is 3.09. The summed E-state index contributed by atoms with van der Waals surface area (Å²) < 4.78 is 0. The molecular weight excluding hydrogens is 174 g/mol. The smallest absolute Gasteiger partial charge is 0.228 e. The molecule has 2 nitrogen and oxygen atoms in total. The Labute approximate surface area is 86.5 Å². The van der Waals surface area contributed by atoms with Crippen molar-refractivity contribution in [3.63, 3.8) is 0 Å². The van der Waals surface area contributed by atoms with Crippen molar-refractivity contribution in [3.8, 4) is 0 Å². The first-order valence-corrected chi connectivity index (χ1v) is 5.98. The van der Waals surface area contributed by atoms with Crippen molar-refractivity contribution in [1.82, 2.24) is 5.32 Å². The van der Waals surface area contributed by atoms with Crippen molar-refractivity contribution in [2.24, 2.45) is 11.3 Å². The maximum atomic E-state index is 11.8. The van der Waals surface area contributed by atoms with E-state index >= 15 is 0 Å². The van der Waals surface area contributed by atoms with Gasteiger partial charge in [-0.15, -0.1) is 0 Å². The zero-order chi connectivity index (χ0) is 10.2. The first kappa shape index (κ1) is 10.0. The molecule has 2 rings (SSSR count). The molecule has 1 N–H and O–H groups in total. The highest BCUT2D eigenvalue weighted by Gasteiger charge is 2.54. The summed E-state index contributed by atoms with van der Waals surface area (Å²) in [6.07, 6.45) is 7.39. The molecule has 1 heterocycles. The molecule has 1 saturated carbocycles. The Kier molecular flexibility index (Phi) is 2.54. The molecule has 1 aliphatic carbocycles. The topological polar surface area (TPSA) is 29.1 Å². The molecule has 0 aromatic heterocycles. The van der Waals surface area contributed by atoms with Crippen LogP contribution in [0.4, 0.5) is 0 Å². The highest BCUT2D eigenvalue weighted by Crippen LogP contribution is 2.46. The number of nitrogens with one attached hydrogen (secondary N) is 1. The zero-order valence-corrected chi connectivity index (χ0v) is 9.31. The lowest BCUT2D eigenvalue weighted by atomic mass is 9.64. The highest BCUT2D eigenvalue weighted by atomic mass is 16.2. The van der Waals surface area contributed by atoms with E-state index in [0.29, 0.717) is 17.9 Å². The number of rotatable bonds is 1. The Morgan fingerprint density at radius 2 is 1.79 bits per heavy atom. The van der Waals surface area contributed by atoms with Gasteiger partial charge in [0.1, 0.15) is 0 Å². The molecule has 1 amide bonds. The third-order valence-corrected chi connectivity index (χ3v) is 4.00. The van der Waals surface area contributed by atoms with Crippen LogP contribution in [0, 0.1) is 11.3 Å². The molecule has 1 aliphatic heterocycles. The van der Waals surface area contributed by atoms with Crippen LogP contribution in [0.1, 0.15) is 52.4 Å². The molecule has 0 bridgehead atoms. The lowest BCUT2D eigenvalue weighted by Gasteiger charge is -2.50. The van der Waals surface area contributed by atoms with Gasteiger partial charge in [-0.05, 0) is 18.8 Å². The SMILES string of the molecule is CC(C)[C@H]1NC(=O)C12CCCCCC2. The normalized spacial score (nSPS) is 31.1. The summed E-state index contributed by atoms with van der Waals surface area (Å²) in [4.78, 5) is 11.8. The lowest BCUT2D eigenvalue weighted by Crippen LogP contribution is -2.68. The molecule has 0 radical (unpaired) electrons. The van der Waals surface area contributed by atoms with Crippen molar-refractivity contribution < 1.29 is 4.79 Å². The van der Waals surface area contributed by atoms with Crippen molar-refractivity contribution in [2.45, 2.75) is 58.4 Å². The summed E-state index contributed by atoms with van der Waals surface area (Å²) in [5.41, 5.74) is 0.0324. The highest BCUT2D eigenvalue weighted by molar-refractivity contribution is 5.90. The van der Waals surface area contributed by atoms with Crippen molar-refractivity contribution in [2.75, 3.05) is 0 Å². The maximum absolute atomic E-state index is 11.8. The van der Waals surface area contributed by atoms with Gasteiger partial charge in [-0.25, -0.2) is 0 Å². The van der Waals surface area contributed by atoms with Crippen molar-refractivity contribution in [1.29, 1.82) is 0 Å². The summed E-state index contributed by atoms with van der Waals surface area (Å²) in [6, 6.07) is 0.452. The monoisotopic (exact) mass is 195 g/mol. The third-order valence-electron chi connectivity index (χ3n) is 4.00. The molecule has 2 aliphatic rings. The summed E-state index contributed by atoms with van der Waals surface area (Å²) in [6.45, 7) is 4.44. The fourth-order valence-corrected chi connectivity index (χ4v) is 3.19.